The molecule has 6 heteroatoms. The molecule has 0 radical (unpaired) electrons. The summed E-state index contributed by atoms with van der Waals surface area (Å²) in [5.74, 6) is 0.944. The van der Waals surface area contributed by atoms with Crippen molar-refractivity contribution in [2.45, 2.75) is 6.04 Å². The molecule has 1 fully saturated rings. The quantitative estimate of drug-likeness (QED) is 0.432. The maximum Gasteiger partial charge on any atom is 0.250 e. The number of benzene rings is 3. The molecule has 1 unspecified atom stereocenters. The van der Waals surface area contributed by atoms with E-state index in [4.69, 9.17) is 4.74 Å². The molecular weight excluding hydrogens is 424 g/mol. The van der Waals surface area contributed by atoms with Gasteiger partial charge in [-0.15, -0.1) is 0 Å². The number of hydrogen-bond donors (Lipinski definition) is 0. The van der Waals surface area contributed by atoms with Crippen LogP contribution in [0.3, 0.4) is 0 Å². The molecule has 172 valence electrons. The lowest BCUT2D eigenvalue weighted by Gasteiger charge is -2.38. The van der Waals surface area contributed by atoms with Gasteiger partial charge in [0.1, 0.15) is 11.8 Å². The van der Waals surface area contributed by atoms with Gasteiger partial charge in [-0.3, -0.25) is 4.79 Å². The van der Waals surface area contributed by atoms with E-state index in [-0.39, 0.29) is 5.91 Å². The van der Waals surface area contributed by atoms with Crippen LogP contribution in [0.2, 0.25) is 0 Å². The monoisotopic (exact) mass is 452 g/mol. The molecule has 1 aliphatic heterocycles. The van der Waals surface area contributed by atoms with Crippen LogP contribution in [-0.4, -0.2) is 53.6 Å². The first-order valence-electron chi connectivity index (χ1n) is 11.5. The zero-order chi connectivity index (χ0) is 23.3. The van der Waals surface area contributed by atoms with Gasteiger partial charge in [0.25, 0.3) is 0 Å². The minimum atomic E-state index is -0.455. The molecule has 1 aromatic heterocycles. The Morgan fingerprint density at radius 1 is 0.853 bits per heavy atom. The predicted octanol–water partition coefficient (Wildman–Crippen LogP) is 4.50. The summed E-state index contributed by atoms with van der Waals surface area (Å²) < 4.78 is 7.47. The SMILES string of the molecule is COc1ccccc1N1CCN(C(=O)C(c2ccccc2)n2cnc(-c3ccccc3)c2)CC1. The number of anilines is 1. The summed E-state index contributed by atoms with van der Waals surface area (Å²) in [7, 11) is 1.69. The highest BCUT2D eigenvalue weighted by Crippen LogP contribution is 2.30. The van der Waals surface area contributed by atoms with Crippen molar-refractivity contribution in [2.75, 3.05) is 38.2 Å². The minimum Gasteiger partial charge on any atom is -0.495 e. The van der Waals surface area contributed by atoms with E-state index < -0.39 is 6.04 Å². The maximum atomic E-state index is 13.8. The van der Waals surface area contributed by atoms with Crippen LogP contribution in [0.5, 0.6) is 5.75 Å². The van der Waals surface area contributed by atoms with E-state index in [1.165, 1.54) is 0 Å². The van der Waals surface area contributed by atoms with Crippen molar-refractivity contribution >= 4 is 11.6 Å². The van der Waals surface area contributed by atoms with Crippen LogP contribution in [0.25, 0.3) is 11.3 Å². The number of para-hydroxylation sites is 2. The van der Waals surface area contributed by atoms with E-state index in [1.807, 2.05) is 94.5 Å². The lowest BCUT2D eigenvalue weighted by molar-refractivity contribution is -0.133. The normalized spacial score (nSPS) is 14.6. The summed E-state index contributed by atoms with van der Waals surface area (Å²) in [5, 5.41) is 0. The standard InChI is InChI=1S/C28H28N4O2/c1-34-26-15-9-8-14-25(26)30-16-18-31(19-17-30)28(33)27(23-12-6-3-7-13-23)32-20-24(29-21-32)22-10-4-2-5-11-22/h2-15,20-21,27H,16-19H2,1H3. The van der Waals surface area contributed by atoms with E-state index in [2.05, 4.69) is 16.0 Å². The van der Waals surface area contributed by atoms with Crippen molar-refractivity contribution in [3.63, 3.8) is 0 Å². The Kier molecular flexibility index (Phi) is 6.29. The van der Waals surface area contributed by atoms with Crippen molar-refractivity contribution < 1.29 is 9.53 Å². The summed E-state index contributed by atoms with van der Waals surface area (Å²) in [6.07, 6.45) is 3.74. The maximum absolute atomic E-state index is 13.8. The molecule has 0 bridgehead atoms. The van der Waals surface area contributed by atoms with E-state index in [1.54, 1.807) is 13.4 Å². The number of nitrogens with zero attached hydrogens (tertiary/aromatic N) is 4. The molecule has 1 aliphatic rings. The molecule has 0 saturated carbocycles. The Morgan fingerprint density at radius 2 is 1.50 bits per heavy atom. The largest absolute Gasteiger partial charge is 0.495 e. The van der Waals surface area contributed by atoms with Gasteiger partial charge in [0.15, 0.2) is 0 Å². The molecule has 0 aliphatic carbocycles. The third kappa shape index (κ3) is 4.39. The van der Waals surface area contributed by atoms with E-state index in [0.29, 0.717) is 13.1 Å². The van der Waals surface area contributed by atoms with Crippen LogP contribution in [0.1, 0.15) is 11.6 Å². The molecule has 1 amide bonds. The van der Waals surface area contributed by atoms with Gasteiger partial charge in [-0.05, 0) is 17.7 Å². The number of imidazole rings is 1. The summed E-state index contributed by atoms with van der Waals surface area (Å²) in [5.41, 5.74) is 3.91. The number of methoxy groups -OCH3 is 1. The highest BCUT2D eigenvalue weighted by molar-refractivity contribution is 5.84. The van der Waals surface area contributed by atoms with Crippen LogP contribution in [-0.2, 0) is 4.79 Å². The number of carbonyl (C=O) groups is 1. The Hall–Kier alpha value is -4.06. The average molecular weight is 453 g/mol. The lowest BCUT2D eigenvalue weighted by atomic mass is 10.0. The summed E-state index contributed by atoms with van der Waals surface area (Å²) in [6, 6.07) is 27.6. The second-order valence-corrected chi connectivity index (χ2v) is 8.37. The van der Waals surface area contributed by atoms with Gasteiger partial charge in [0.2, 0.25) is 5.91 Å². The van der Waals surface area contributed by atoms with Crippen molar-refractivity contribution in [1.29, 1.82) is 0 Å². The summed E-state index contributed by atoms with van der Waals surface area (Å²) in [4.78, 5) is 22.7. The minimum absolute atomic E-state index is 0.0860. The first kappa shape index (κ1) is 21.8. The number of ether oxygens (including phenoxy) is 1. The highest BCUT2D eigenvalue weighted by Gasteiger charge is 2.30. The fourth-order valence-corrected chi connectivity index (χ4v) is 4.55. The molecule has 2 heterocycles. The number of aromatic nitrogens is 2. The van der Waals surface area contributed by atoms with Gasteiger partial charge in [-0.2, -0.15) is 0 Å². The zero-order valence-electron chi connectivity index (χ0n) is 19.2. The van der Waals surface area contributed by atoms with Crippen molar-refractivity contribution in [2.24, 2.45) is 0 Å². The van der Waals surface area contributed by atoms with Gasteiger partial charge in [0.05, 0.1) is 24.8 Å². The molecule has 4 aromatic rings. The van der Waals surface area contributed by atoms with Gasteiger partial charge in [-0.25, -0.2) is 4.98 Å². The second kappa shape index (κ2) is 9.83. The van der Waals surface area contributed by atoms with Gasteiger partial charge >= 0.3 is 0 Å². The Labute approximate surface area is 200 Å². The molecule has 0 N–H and O–H groups in total. The third-order valence-electron chi connectivity index (χ3n) is 6.34. The number of hydrogen-bond acceptors (Lipinski definition) is 4. The highest BCUT2D eigenvalue weighted by atomic mass is 16.5. The number of rotatable bonds is 6. The Morgan fingerprint density at radius 3 is 2.21 bits per heavy atom. The molecule has 0 spiro atoms. The van der Waals surface area contributed by atoms with Crippen molar-refractivity contribution in [1.82, 2.24) is 14.5 Å². The molecular formula is C28H28N4O2. The first-order valence-corrected chi connectivity index (χ1v) is 11.5. The topological polar surface area (TPSA) is 50.6 Å². The molecule has 6 nitrogen and oxygen atoms in total. The van der Waals surface area contributed by atoms with Crippen LogP contribution >= 0.6 is 0 Å². The average Bonchev–Trinajstić information content (AvgIpc) is 3.40. The molecule has 5 rings (SSSR count). The van der Waals surface area contributed by atoms with Crippen molar-refractivity contribution in [3.05, 3.63) is 103 Å². The summed E-state index contributed by atoms with van der Waals surface area (Å²) in [6.45, 7) is 2.82. The molecule has 34 heavy (non-hydrogen) atoms. The van der Waals surface area contributed by atoms with E-state index in [0.717, 1.165) is 41.3 Å². The Balaban J connectivity index is 1.38. The van der Waals surface area contributed by atoms with E-state index >= 15 is 0 Å². The number of amides is 1. The lowest BCUT2D eigenvalue weighted by Crippen LogP contribution is -2.50. The van der Waals surface area contributed by atoms with Crippen molar-refractivity contribution in [3.8, 4) is 17.0 Å². The number of carbonyl (C=O) groups excluding carboxylic acids is 1. The fourth-order valence-electron chi connectivity index (χ4n) is 4.55. The Bertz CT molecular complexity index is 1230. The second-order valence-electron chi connectivity index (χ2n) is 8.37. The zero-order valence-corrected chi connectivity index (χ0v) is 19.2. The number of piperazine rings is 1. The third-order valence-corrected chi connectivity index (χ3v) is 6.34. The fraction of sp³-hybridized carbons (Fsp3) is 0.214. The van der Waals surface area contributed by atoms with Crippen LogP contribution in [0.15, 0.2) is 97.5 Å². The molecule has 1 atom stereocenters. The van der Waals surface area contributed by atoms with E-state index in [9.17, 15) is 4.79 Å². The van der Waals surface area contributed by atoms with Crippen LogP contribution in [0, 0.1) is 0 Å². The van der Waals surface area contributed by atoms with Crippen LogP contribution < -0.4 is 9.64 Å². The first-order chi connectivity index (χ1) is 16.7. The van der Waals surface area contributed by atoms with Gasteiger partial charge in [-0.1, -0.05) is 72.8 Å². The van der Waals surface area contributed by atoms with Crippen LogP contribution in [0.4, 0.5) is 5.69 Å². The molecule has 3 aromatic carbocycles. The van der Waals surface area contributed by atoms with Gasteiger partial charge in [0, 0.05) is 37.9 Å². The van der Waals surface area contributed by atoms with Gasteiger partial charge < -0.3 is 19.1 Å². The smallest absolute Gasteiger partial charge is 0.250 e. The predicted molar refractivity (Wildman–Crippen MR) is 134 cm³/mol. The summed E-state index contributed by atoms with van der Waals surface area (Å²) >= 11 is 0. The molecule has 1 saturated heterocycles.